The Morgan fingerprint density at radius 1 is 1.43 bits per heavy atom. The summed E-state index contributed by atoms with van der Waals surface area (Å²) in [6.07, 6.45) is 3.67. The van der Waals surface area contributed by atoms with Crippen molar-refractivity contribution >= 4 is 11.8 Å². The van der Waals surface area contributed by atoms with Gasteiger partial charge in [-0.15, -0.1) is 0 Å². The molecule has 0 radical (unpaired) electrons. The molecule has 0 aromatic heterocycles. The second-order valence-electron chi connectivity index (χ2n) is 3.23. The zero-order valence-corrected chi connectivity index (χ0v) is 9.24. The van der Waals surface area contributed by atoms with Crippen molar-refractivity contribution in [2.24, 2.45) is 11.8 Å². The Morgan fingerprint density at radius 3 is 2.36 bits per heavy atom. The second kappa shape index (κ2) is 6.35. The first-order valence-electron chi connectivity index (χ1n) is 4.84. The molecule has 0 N–H and O–H groups in total. The van der Waals surface area contributed by atoms with Crippen molar-refractivity contribution < 1.29 is 14.3 Å². The lowest BCUT2D eigenvalue weighted by Crippen LogP contribution is -2.29. The molecule has 0 aliphatic rings. The van der Waals surface area contributed by atoms with E-state index < -0.39 is 11.9 Å². The highest BCUT2D eigenvalue weighted by atomic mass is 16.5. The molecule has 0 saturated carbocycles. The van der Waals surface area contributed by atoms with Crippen LogP contribution >= 0.6 is 0 Å². The van der Waals surface area contributed by atoms with E-state index in [4.69, 9.17) is 4.74 Å². The molecule has 0 aromatic rings. The van der Waals surface area contributed by atoms with Gasteiger partial charge in [0.05, 0.1) is 6.61 Å². The van der Waals surface area contributed by atoms with Gasteiger partial charge in [0, 0.05) is 0 Å². The lowest BCUT2D eigenvalue weighted by molar-refractivity contribution is -0.152. The predicted octanol–water partition coefficient (Wildman–Crippen LogP) is 1.97. The van der Waals surface area contributed by atoms with Crippen molar-refractivity contribution in [3.05, 3.63) is 12.2 Å². The average Bonchev–Trinajstić information content (AvgIpc) is 2.04. The van der Waals surface area contributed by atoms with Crippen LogP contribution in [0.15, 0.2) is 12.2 Å². The smallest absolute Gasteiger partial charge is 0.317 e. The van der Waals surface area contributed by atoms with Crippen LogP contribution in [0.25, 0.3) is 0 Å². The van der Waals surface area contributed by atoms with Crippen LogP contribution in [0, 0.1) is 11.8 Å². The number of esters is 1. The van der Waals surface area contributed by atoms with E-state index in [1.807, 2.05) is 26.0 Å². The minimum absolute atomic E-state index is 0.100. The van der Waals surface area contributed by atoms with Gasteiger partial charge in [-0.3, -0.25) is 9.59 Å². The number of hydrogen-bond donors (Lipinski definition) is 0. The first kappa shape index (κ1) is 12.9. The third kappa shape index (κ3) is 3.73. The summed E-state index contributed by atoms with van der Waals surface area (Å²) < 4.78 is 4.84. The molecular weight excluding hydrogens is 180 g/mol. The van der Waals surface area contributed by atoms with Crippen molar-refractivity contribution in [2.75, 3.05) is 6.61 Å². The highest BCUT2D eigenvalue weighted by Crippen LogP contribution is 2.16. The molecule has 0 aliphatic heterocycles. The fraction of sp³-hybridized carbons (Fsp3) is 0.636. The van der Waals surface area contributed by atoms with E-state index in [-0.39, 0.29) is 11.7 Å². The fourth-order valence-electron chi connectivity index (χ4n) is 1.40. The normalized spacial score (nSPS) is 15.1. The molecule has 2 unspecified atom stereocenters. The lowest BCUT2D eigenvalue weighted by atomic mass is 9.90. The monoisotopic (exact) mass is 198 g/mol. The molecule has 14 heavy (non-hydrogen) atoms. The predicted molar refractivity (Wildman–Crippen MR) is 54.8 cm³/mol. The highest BCUT2D eigenvalue weighted by Gasteiger charge is 2.28. The van der Waals surface area contributed by atoms with Gasteiger partial charge in [0.1, 0.15) is 11.7 Å². The highest BCUT2D eigenvalue weighted by molar-refractivity contribution is 5.98. The lowest BCUT2D eigenvalue weighted by Gasteiger charge is -2.16. The van der Waals surface area contributed by atoms with Gasteiger partial charge in [-0.25, -0.2) is 0 Å². The van der Waals surface area contributed by atoms with Gasteiger partial charge in [0.2, 0.25) is 0 Å². The molecule has 0 amide bonds. The number of hydrogen-bond acceptors (Lipinski definition) is 3. The van der Waals surface area contributed by atoms with Crippen LogP contribution in [0.1, 0.15) is 27.7 Å². The first-order valence-corrected chi connectivity index (χ1v) is 4.84. The number of ether oxygens (including phenoxy) is 1. The van der Waals surface area contributed by atoms with Crippen LogP contribution < -0.4 is 0 Å². The number of allylic oxidation sites excluding steroid dienone is 2. The third-order valence-electron chi connectivity index (χ3n) is 2.00. The fourth-order valence-corrected chi connectivity index (χ4v) is 1.40. The Kier molecular flexibility index (Phi) is 5.84. The van der Waals surface area contributed by atoms with E-state index in [1.54, 1.807) is 6.92 Å². The van der Waals surface area contributed by atoms with Crippen LogP contribution in [0.4, 0.5) is 0 Å². The van der Waals surface area contributed by atoms with Gasteiger partial charge in [-0.2, -0.15) is 0 Å². The van der Waals surface area contributed by atoms with Gasteiger partial charge < -0.3 is 4.74 Å². The van der Waals surface area contributed by atoms with Crippen molar-refractivity contribution in [3.8, 4) is 0 Å². The summed E-state index contributed by atoms with van der Waals surface area (Å²) in [4.78, 5) is 22.7. The molecule has 0 heterocycles. The zero-order valence-electron chi connectivity index (χ0n) is 9.24. The minimum Gasteiger partial charge on any atom is -0.465 e. The molecular formula is C11H18O3. The van der Waals surface area contributed by atoms with E-state index in [1.165, 1.54) is 6.92 Å². The quantitative estimate of drug-likeness (QED) is 0.385. The summed E-state index contributed by atoms with van der Waals surface area (Å²) in [5.74, 6) is -1.33. The van der Waals surface area contributed by atoms with E-state index in [0.29, 0.717) is 6.61 Å². The molecule has 0 rings (SSSR count). The maximum Gasteiger partial charge on any atom is 0.317 e. The Labute approximate surface area is 85.1 Å². The van der Waals surface area contributed by atoms with Crippen molar-refractivity contribution in [2.45, 2.75) is 27.7 Å². The summed E-state index contributed by atoms with van der Waals surface area (Å²) >= 11 is 0. The molecule has 0 saturated heterocycles. The molecule has 0 aromatic carbocycles. The van der Waals surface area contributed by atoms with Crippen molar-refractivity contribution in [3.63, 3.8) is 0 Å². The molecule has 0 spiro atoms. The molecule has 2 atom stereocenters. The number of Topliss-reactive ketones (excluding diaryl/α,β-unsaturated/α-hetero) is 1. The Balaban J connectivity index is 4.58. The van der Waals surface area contributed by atoms with Crippen LogP contribution in [0.3, 0.4) is 0 Å². The summed E-state index contributed by atoms with van der Waals surface area (Å²) in [6, 6.07) is 0. The largest absolute Gasteiger partial charge is 0.465 e. The van der Waals surface area contributed by atoms with Crippen LogP contribution in [0.5, 0.6) is 0 Å². The van der Waals surface area contributed by atoms with Crippen molar-refractivity contribution in [1.82, 2.24) is 0 Å². The molecule has 80 valence electrons. The van der Waals surface area contributed by atoms with E-state index in [0.717, 1.165) is 0 Å². The molecule has 0 bridgehead atoms. The van der Waals surface area contributed by atoms with Gasteiger partial charge >= 0.3 is 5.97 Å². The maximum absolute atomic E-state index is 11.4. The molecule has 0 aliphatic carbocycles. The minimum atomic E-state index is -0.661. The molecule has 0 fully saturated rings. The molecule has 3 heteroatoms. The van der Waals surface area contributed by atoms with Crippen LogP contribution in [0.2, 0.25) is 0 Å². The summed E-state index contributed by atoms with van der Waals surface area (Å²) in [5, 5.41) is 0. The number of rotatable bonds is 5. The van der Waals surface area contributed by atoms with Gasteiger partial charge in [0.25, 0.3) is 0 Å². The van der Waals surface area contributed by atoms with Crippen LogP contribution in [-0.2, 0) is 14.3 Å². The van der Waals surface area contributed by atoms with E-state index >= 15 is 0 Å². The number of ketones is 1. The molecule has 3 nitrogen and oxygen atoms in total. The Bertz CT molecular complexity index is 231. The first-order chi connectivity index (χ1) is 6.54. The topological polar surface area (TPSA) is 43.4 Å². The van der Waals surface area contributed by atoms with E-state index in [2.05, 4.69) is 0 Å². The second-order valence-corrected chi connectivity index (χ2v) is 3.23. The van der Waals surface area contributed by atoms with Crippen LogP contribution in [-0.4, -0.2) is 18.4 Å². The van der Waals surface area contributed by atoms with E-state index in [9.17, 15) is 9.59 Å². The zero-order chi connectivity index (χ0) is 11.1. The summed E-state index contributed by atoms with van der Waals surface area (Å²) in [7, 11) is 0. The Morgan fingerprint density at radius 2 is 2.00 bits per heavy atom. The van der Waals surface area contributed by atoms with Gasteiger partial charge in [-0.1, -0.05) is 19.1 Å². The van der Waals surface area contributed by atoms with Crippen molar-refractivity contribution in [1.29, 1.82) is 0 Å². The van der Waals surface area contributed by atoms with Gasteiger partial charge in [-0.05, 0) is 26.7 Å². The standard InChI is InChI=1S/C11H18O3/c1-5-7-8(3)10(9(4)12)11(13)14-6-2/h5,7-8,10H,6H2,1-4H3/b7-5+. The Hall–Kier alpha value is -1.12. The van der Waals surface area contributed by atoms with Gasteiger partial charge in [0.15, 0.2) is 0 Å². The number of carbonyl (C=O) groups is 2. The average molecular weight is 198 g/mol. The maximum atomic E-state index is 11.4. The SMILES string of the molecule is C/C=C/C(C)C(C(C)=O)C(=O)OCC. The summed E-state index contributed by atoms with van der Waals surface area (Å²) in [5.41, 5.74) is 0. The summed E-state index contributed by atoms with van der Waals surface area (Å²) in [6.45, 7) is 7.16. The number of carbonyl (C=O) groups excluding carboxylic acids is 2. The third-order valence-corrected chi connectivity index (χ3v) is 2.00.